The van der Waals surface area contributed by atoms with E-state index in [9.17, 15) is 14.4 Å². The molecule has 1 saturated heterocycles. The van der Waals surface area contributed by atoms with Gasteiger partial charge in [-0.3, -0.25) is 14.4 Å². The van der Waals surface area contributed by atoms with Gasteiger partial charge in [0.25, 0.3) is 5.91 Å². The number of likely N-dealkylation sites (tertiary alicyclic amines) is 1. The Morgan fingerprint density at radius 3 is 2.56 bits per heavy atom. The standard InChI is InChI=1S/C21H20N2O4/c22-20(25)17-2-1-10-23(17)21(26)14-5-3-13(4-6-14)15-7-8-16-18(24)9-11-27-19(16)12-15/h3-8,12,17H,1-2,9-11H2,(H2,22,25)/t17-/m0/s1. The lowest BCUT2D eigenvalue weighted by molar-refractivity contribution is -0.121. The van der Waals surface area contributed by atoms with Gasteiger partial charge in [-0.2, -0.15) is 0 Å². The lowest BCUT2D eigenvalue weighted by Crippen LogP contribution is -2.43. The minimum absolute atomic E-state index is 0.0957. The first-order valence-corrected chi connectivity index (χ1v) is 9.05. The molecule has 1 fully saturated rings. The Morgan fingerprint density at radius 2 is 1.81 bits per heavy atom. The number of hydrogen-bond acceptors (Lipinski definition) is 4. The molecule has 2 amide bonds. The molecule has 2 heterocycles. The first kappa shape index (κ1) is 17.3. The highest BCUT2D eigenvalue weighted by Crippen LogP contribution is 2.31. The summed E-state index contributed by atoms with van der Waals surface area (Å²) in [5, 5.41) is 0. The highest BCUT2D eigenvalue weighted by Gasteiger charge is 2.33. The Balaban J connectivity index is 1.57. The van der Waals surface area contributed by atoms with E-state index in [1.807, 2.05) is 24.3 Å². The fourth-order valence-electron chi connectivity index (χ4n) is 3.72. The molecule has 0 radical (unpaired) electrons. The summed E-state index contributed by atoms with van der Waals surface area (Å²) in [6.45, 7) is 0.948. The van der Waals surface area contributed by atoms with Crippen molar-refractivity contribution in [3.8, 4) is 16.9 Å². The van der Waals surface area contributed by atoms with Gasteiger partial charge in [-0.15, -0.1) is 0 Å². The Kier molecular flexibility index (Phi) is 4.39. The Morgan fingerprint density at radius 1 is 1.07 bits per heavy atom. The molecule has 0 saturated carbocycles. The number of ketones is 1. The lowest BCUT2D eigenvalue weighted by atomic mass is 9.98. The third kappa shape index (κ3) is 3.18. The van der Waals surface area contributed by atoms with Gasteiger partial charge in [-0.25, -0.2) is 0 Å². The molecule has 27 heavy (non-hydrogen) atoms. The van der Waals surface area contributed by atoms with Crippen molar-refractivity contribution in [1.29, 1.82) is 0 Å². The molecule has 6 heteroatoms. The highest BCUT2D eigenvalue weighted by atomic mass is 16.5. The summed E-state index contributed by atoms with van der Waals surface area (Å²) in [6.07, 6.45) is 1.81. The zero-order valence-electron chi connectivity index (χ0n) is 14.8. The molecule has 0 bridgehead atoms. The number of carbonyl (C=O) groups is 3. The van der Waals surface area contributed by atoms with Gasteiger partial charge in [-0.1, -0.05) is 18.2 Å². The van der Waals surface area contributed by atoms with Crippen LogP contribution in [0, 0.1) is 0 Å². The summed E-state index contributed by atoms with van der Waals surface area (Å²) in [5.74, 6) is 0.0620. The van der Waals surface area contributed by atoms with E-state index in [2.05, 4.69) is 0 Å². The molecule has 1 atom stereocenters. The van der Waals surface area contributed by atoms with Crippen molar-refractivity contribution < 1.29 is 19.1 Å². The highest BCUT2D eigenvalue weighted by molar-refractivity contribution is 6.00. The summed E-state index contributed by atoms with van der Waals surface area (Å²) in [5.41, 5.74) is 8.38. The second-order valence-corrected chi connectivity index (χ2v) is 6.87. The van der Waals surface area contributed by atoms with Crippen LogP contribution in [0.4, 0.5) is 0 Å². The van der Waals surface area contributed by atoms with Gasteiger partial charge in [0.2, 0.25) is 5.91 Å². The summed E-state index contributed by atoms with van der Waals surface area (Å²) in [7, 11) is 0. The van der Waals surface area contributed by atoms with Crippen LogP contribution in [0.3, 0.4) is 0 Å². The SMILES string of the molecule is NC(=O)[C@@H]1CCCN1C(=O)c1ccc(-c2ccc3c(c2)OCCC3=O)cc1. The van der Waals surface area contributed by atoms with Crippen LogP contribution in [-0.2, 0) is 4.79 Å². The van der Waals surface area contributed by atoms with E-state index in [4.69, 9.17) is 10.5 Å². The molecule has 2 aliphatic heterocycles. The maximum atomic E-state index is 12.7. The molecule has 4 rings (SSSR count). The average molecular weight is 364 g/mol. The van der Waals surface area contributed by atoms with Crippen molar-refractivity contribution in [2.24, 2.45) is 5.73 Å². The van der Waals surface area contributed by atoms with Gasteiger partial charge in [0.05, 0.1) is 12.2 Å². The molecule has 138 valence electrons. The Bertz CT molecular complexity index is 920. The van der Waals surface area contributed by atoms with Gasteiger partial charge in [0.15, 0.2) is 5.78 Å². The first-order chi connectivity index (χ1) is 13.0. The van der Waals surface area contributed by atoms with Crippen LogP contribution >= 0.6 is 0 Å². The van der Waals surface area contributed by atoms with Gasteiger partial charge in [0.1, 0.15) is 11.8 Å². The summed E-state index contributed by atoms with van der Waals surface area (Å²) in [4.78, 5) is 37.7. The predicted molar refractivity (Wildman–Crippen MR) is 99.6 cm³/mol. The number of carbonyl (C=O) groups excluding carboxylic acids is 3. The maximum Gasteiger partial charge on any atom is 0.254 e. The number of nitrogens with two attached hydrogens (primary N) is 1. The van der Waals surface area contributed by atoms with Crippen molar-refractivity contribution in [3.63, 3.8) is 0 Å². The summed E-state index contributed by atoms with van der Waals surface area (Å²) in [6, 6.07) is 12.2. The zero-order valence-corrected chi connectivity index (χ0v) is 14.8. The normalized spacial score (nSPS) is 18.7. The number of hydrogen-bond donors (Lipinski definition) is 1. The average Bonchev–Trinajstić information content (AvgIpc) is 3.18. The number of benzene rings is 2. The quantitative estimate of drug-likeness (QED) is 0.906. The van der Waals surface area contributed by atoms with Crippen molar-refractivity contribution in [1.82, 2.24) is 4.90 Å². The van der Waals surface area contributed by atoms with Crippen molar-refractivity contribution >= 4 is 17.6 Å². The van der Waals surface area contributed by atoms with Crippen LogP contribution in [0.15, 0.2) is 42.5 Å². The summed E-state index contributed by atoms with van der Waals surface area (Å²) >= 11 is 0. The zero-order chi connectivity index (χ0) is 19.0. The second-order valence-electron chi connectivity index (χ2n) is 6.87. The van der Waals surface area contributed by atoms with E-state index in [1.54, 1.807) is 23.1 Å². The lowest BCUT2D eigenvalue weighted by Gasteiger charge is -2.22. The van der Waals surface area contributed by atoms with Gasteiger partial charge in [-0.05, 0) is 48.2 Å². The number of Topliss-reactive ketones (excluding diaryl/α,β-unsaturated/α-hetero) is 1. The smallest absolute Gasteiger partial charge is 0.254 e. The number of ether oxygens (including phenoxy) is 1. The predicted octanol–water partition coefficient (Wildman–Crippen LogP) is 2.41. The Hall–Kier alpha value is -3.15. The van der Waals surface area contributed by atoms with E-state index < -0.39 is 11.9 Å². The third-order valence-electron chi connectivity index (χ3n) is 5.18. The summed E-state index contributed by atoms with van der Waals surface area (Å²) < 4.78 is 5.59. The van der Waals surface area contributed by atoms with Crippen molar-refractivity contribution in [3.05, 3.63) is 53.6 Å². The van der Waals surface area contributed by atoms with Gasteiger partial charge in [0, 0.05) is 18.5 Å². The molecule has 2 N–H and O–H groups in total. The van der Waals surface area contributed by atoms with Crippen LogP contribution in [0.1, 0.15) is 40.0 Å². The molecular formula is C21H20N2O4. The number of fused-ring (bicyclic) bond motifs is 1. The van der Waals surface area contributed by atoms with E-state index >= 15 is 0 Å². The molecule has 0 unspecified atom stereocenters. The molecule has 2 aromatic rings. The third-order valence-corrected chi connectivity index (χ3v) is 5.18. The van der Waals surface area contributed by atoms with Crippen LogP contribution in [0.2, 0.25) is 0 Å². The molecule has 0 aliphatic carbocycles. The fourth-order valence-corrected chi connectivity index (χ4v) is 3.72. The largest absolute Gasteiger partial charge is 0.492 e. The van der Waals surface area contributed by atoms with Crippen molar-refractivity contribution in [2.45, 2.75) is 25.3 Å². The minimum Gasteiger partial charge on any atom is -0.492 e. The van der Waals surface area contributed by atoms with Crippen LogP contribution in [-0.4, -0.2) is 41.7 Å². The van der Waals surface area contributed by atoms with E-state index in [0.29, 0.717) is 42.9 Å². The number of nitrogens with zero attached hydrogens (tertiary/aromatic N) is 1. The Labute approximate surface area is 156 Å². The van der Waals surface area contributed by atoms with E-state index in [1.165, 1.54) is 0 Å². The van der Waals surface area contributed by atoms with E-state index in [0.717, 1.165) is 17.5 Å². The fraction of sp³-hybridized carbons (Fsp3) is 0.286. The van der Waals surface area contributed by atoms with E-state index in [-0.39, 0.29) is 11.7 Å². The number of amides is 2. The topological polar surface area (TPSA) is 89.7 Å². The molecule has 0 aromatic heterocycles. The van der Waals surface area contributed by atoms with Gasteiger partial charge < -0.3 is 15.4 Å². The second kappa shape index (κ2) is 6.87. The van der Waals surface area contributed by atoms with Crippen molar-refractivity contribution in [2.75, 3.05) is 13.2 Å². The first-order valence-electron chi connectivity index (χ1n) is 9.05. The number of rotatable bonds is 3. The monoisotopic (exact) mass is 364 g/mol. The van der Waals surface area contributed by atoms with Crippen LogP contribution in [0.25, 0.3) is 11.1 Å². The molecule has 6 nitrogen and oxygen atoms in total. The van der Waals surface area contributed by atoms with Crippen LogP contribution < -0.4 is 10.5 Å². The molecule has 0 spiro atoms. The maximum absolute atomic E-state index is 12.7. The number of primary amides is 1. The van der Waals surface area contributed by atoms with Gasteiger partial charge >= 0.3 is 0 Å². The molecule has 2 aliphatic rings. The molecule has 2 aromatic carbocycles. The van der Waals surface area contributed by atoms with Crippen LogP contribution in [0.5, 0.6) is 5.75 Å². The minimum atomic E-state index is -0.521. The molecular weight excluding hydrogens is 344 g/mol.